The van der Waals surface area contributed by atoms with Gasteiger partial charge in [0.05, 0.1) is 38.9 Å². The van der Waals surface area contributed by atoms with E-state index in [0.29, 0.717) is 39.1 Å². The normalized spacial score (nSPS) is 12.6. The Kier molecular flexibility index (Phi) is 8.43. The van der Waals surface area contributed by atoms with Crippen molar-refractivity contribution in [2.75, 3.05) is 0 Å². The molecule has 0 saturated carbocycles. The molecule has 11 rings (SSSR count). The summed E-state index contributed by atoms with van der Waals surface area (Å²) in [6.45, 7) is 4.44. The SMILES string of the molecule is [2H]c1c([2H])c([2H])c2c(c1[2H])c1ccc(Oc3cccc(-n4[c-][n+](-c5c(-c6ccccc6)cccc5-c5ccccc5)c5ccccc54)c3)cc1n2-c1cc(CC(C)(C)c2ccccc2)ccn1. The summed E-state index contributed by atoms with van der Waals surface area (Å²) in [5, 5.41) is 1.10. The molecular formula is C58H44N4O. The molecule has 8 aromatic carbocycles. The van der Waals surface area contributed by atoms with Gasteiger partial charge >= 0.3 is 0 Å². The lowest BCUT2D eigenvalue weighted by molar-refractivity contribution is -0.571. The first-order valence-electron chi connectivity index (χ1n) is 23.2. The van der Waals surface area contributed by atoms with Gasteiger partial charge in [-0.3, -0.25) is 13.7 Å². The summed E-state index contributed by atoms with van der Waals surface area (Å²) >= 11 is 0. The Morgan fingerprint density at radius 2 is 1.27 bits per heavy atom. The third-order valence-corrected chi connectivity index (χ3v) is 11.9. The van der Waals surface area contributed by atoms with E-state index in [4.69, 9.17) is 15.2 Å². The quantitative estimate of drug-likeness (QED) is 0.102. The molecule has 302 valence electrons. The molecule has 0 fully saturated rings. The largest absolute Gasteiger partial charge is 0.458 e. The van der Waals surface area contributed by atoms with Crippen molar-refractivity contribution in [3.05, 3.63) is 236 Å². The second-order valence-corrected chi connectivity index (χ2v) is 16.5. The maximum Gasteiger partial charge on any atom is 0.269 e. The van der Waals surface area contributed by atoms with E-state index in [1.807, 2.05) is 83.4 Å². The number of ether oxygens (including phenoxy) is 1. The first-order valence-corrected chi connectivity index (χ1v) is 21.2. The van der Waals surface area contributed by atoms with Crippen molar-refractivity contribution in [1.82, 2.24) is 14.1 Å². The highest BCUT2D eigenvalue weighted by Gasteiger charge is 2.23. The maximum atomic E-state index is 9.14. The van der Waals surface area contributed by atoms with E-state index in [1.165, 1.54) is 5.56 Å². The van der Waals surface area contributed by atoms with Crippen molar-refractivity contribution in [2.45, 2.75) is 25.7 Å². The predicted octanol–water partition coefficient (Wildman–Crippen LogP) is 13.8. The molecule has 5 nitrogen and oxygen atoms in total. The van der Waals surface area contributed by atoms with Crippen LogP contribution in [0.4, 0.5) is 0 Å². The minimum atomic E-state index is -0.299. The van der Waals surface area contributed by atoms with Crippen LogP contribution in [0.25, 0.3) is 72.3 Å². The van der Waals surface area contributed by atoms with Crippen molar-refractivity contribution < 1.29 is 14.8 Å². The zero-order valence-corrected chi connectivity index (χ0v) is 34.9. The van der Waals surface area contributed by atoms with Crippen molar-refractivity contribution in [2.24, 2.45) is 0 Å². The molecule has 0 amide bonds. The Morgan fingerprint density at radius 1 is 0.603 bits per heavy atom. The van der Waals surface area contributed by atoms with Crippen LogP contribution in [0.15, 0.2) is 218 Å². The number of aromatic nitrogens is 4. The minimum absolute atomic E-state index is 0.0998. The molecule has 0 N–H and O–H groups in total. The Balaban J connectivity index is 1.02. The van der Waals surface area contributed by atoms with E-state index >= 15 is 0 Å². The smallest absolute Gasteiger partial charge is 0.269 e. The Labute approximate surface area is 373 Å². The molecule has 11 aromatic rings. The zero-order valence-electron chi connectivity index (χ0n) is 38.9. The van der Waals surface area contributed by atoms with Gasteiger partial charge in [0.15, 0.2) is 0 Å². The van der Waals surface area contributed by atoms with Gasteiger partial charge in [0.2, 0.25) is 0 Å². The summed E-state index contributed by atoms with van der Waals surface area (Å²) in [6.07, 6.45) is 6.25. The van der Waals surface area contributed by atoms with Crippen molar-refractivity contribution >= 4 is 32.8 Å². The average molecular weight is 817 g/mol. The number of pyridine rings is 1. The number of para-hydroxylation sites is 4. The number of benzene rings is 8. The van der Waals surface area contributed by atoms with Crippen LogP contribution in [-0.4, -0.2) is 14.1 Å². The van der Waals surface area contributed by atoms with Crippen molar-refractivity contribution in [3.8, 4) is 50.9 Å². The van der Waals surface area contributed by atoms with Gasteiger partial charge in [-0.05, 0) is 93.7 Å². The first kappa shape index (κ1) is 33.7. The summed E-state index contributed by atoms with van der Waals surface area (Å²) in [7, 11) is 0. The lowest BCUT2D eigenvalue weighted by Crippen LogP contribution is -2.31. The maximum absolute atomic E-state index is 9.14. The van der Waals surface area contributed by atoms with Gasteiger partial charge in [-0.1, -0.05) is 172 Å². The van der Waals surface area contributed by atoms with Gasteiger partial charge in [0, 0.05) is 23.0 Å². The Hall–Kier alpha value is -8.02. The van der Waals surface area contributed by atoms with Gasteiger partial charge in [-0.15, -0.1) is 0 Å². The lowest BCUT2D eigenvalue weighted by Gasteiger charge is -2.25. The van der Waals surface area contributed by atoms with Crippen LogP contribution < -0.4 is 9.30 Å². The number of imidazole rings is 1. The molecule has 0 aliphatic rings. The third-order valence-electron chi connectivity index (χ3n) is 11.9. The van der Waals surface area contributed by atoms with Crippen molar-refractivity contribution in [1.29, 1.82) is 0 Å². The topological polar surface area (TPSA) is 35.9 Å². The van der Waals surface area contributed by atoms with Crippen LogP contribution in [-0.2, 0) is 11.8 Å². The van der Waals surface area contributed by atoms with Crippen LogP contribution in [0.5, 0.6) is 11.5 Å². The molecule has 0 atom stereocenters. The zero-order chi connectivity index (χ0) is 45.8. The fourth-order valence-corrected chi connectivity index (χ4v) is 8.92. The third kappa shape index (κ3) is 7.04. The van der Waals surface area contributed by atoms with E-state index < -0.39 is 0 Å². The van der Waals surface area contributed by atoms with Gasteiger partial charge in [0.25, 0.3) is 6.33 Å². The summed E-state index contributed by atoms with van der Waals surface area (Å²) in [6, 6.07) is 62.9. The molecular weight excluding hydrogens is 769 g/mol. The number of hydrogen-bond donors (Lipinski definition) is 0. The predicted molar refractivity (Wildman–Crippen MR) is 256 cm³/mol. The molecule has 3 aromatic heterocycles. The van der Waals surface area contributed by atoms with Gasteiger partial charge in [-0.25, -0.2) is 4.98 Å². The monoisotopic (exact) mass is 816 g/mol. The van der Waals surface area contributed by atoms with Crippen LogP contribution >= 0.6 is 0 Å². The molecule has 0 aliphatic carbocycles. The second kappa shape index (κ2) is 15.8. The number of hydrogen-bond acceptors (Lipinski definition) is 2. The highest BCUT2D eigenvalue weighted by Crippen LogP contribution is 2.38. The van der Waals surface area contributed by atoms with Crippen molar-refractivity contribution in [3.63, 3.8) is 0 Å². The Bertz CT molecular complexity index is 3600. The van der Waals surface area contributed by atoms with E-state index in [2.05, 4.69) is 139 Å². The van der Waals surface area contributed by atoms with Gasteiger partial charge in [-0.2, -0.15) is 0 Å². The molecule has 5 heteroatoms. The first-order chi connectivity index (χ1) is 32.6. The van der Waals surface area contributed by atoms with E-state index in [0.717, 1.165) is 56.6 Å². The fraction of sp³-hybridized carbons (Fsp3) is 0.0690. The Morgan fingerprint density at radius 3 is 2.03 bits per heavy atom. The number of fused-ring (bicyclic) bond motifs is 4. The molecule has 0 unspecified atom stereocenters. The summed E-state index contributed by atoms with van der Waals surface area (Å²) < 4.78 is 48.3. The summed E-state index contributed by atoms with van der Waals surface area (Å²) in [5.41, 5.74) is 11.3. The molecule has 63 heavy (non-hydrogen) atoms. The molecule has 0 bridgehead atoms. The highest BCUT2D eigenvalue weighted by atomic mass is 16.5. The molecule has 0 radical (unpaired) electrons. The van der Waals surface area contributed by atoms with Crippen LogP contribution in [0.1, 0.15) is 30.5 Å². The number of nitrogens with zero attached hydrogens (tertiary/aromatic N) is 4. The number of rotatable bonds is 10. The van der Waals surface area contributed by atoms with Gasteiger partial charge in [0.1, 0.15) is 17.3 Å². The van der Waals surface area contributed by atoms with Crippen LogP contribution in [0.2, 0.25) is 0 Å². The molecule has 0 spiro atoms. The fourth-order valence-electron chi connectivity index (χ4n) is 8.92. The van der Waals surface area contributed by atoms with E-state index in [1.54, 1.807) is 6.20 Å². The average Bonchev–Trinajstić information content (AvgIpc) is 3.92. The summed E-state index contributed by atoms with van der Waals surface area (Å²) in [5.74, 6) is 1.68. The standard InChI is InChI=1S/C58H44N4O/c1-58(2,44-22-10-5-11-23-44)39-41-34-35-59-56(36-41)62-52-29-13-12-26-50(52)51-33-32-47(38-55(51)62)63-46-25-16-24-45(37-46)60-40-61(54-31-15-14-30-53(54)60)57-48(42-18-6-3-7-19-42)27-17-28-49(57)43-20-8-4-9-21-43/h3-38H,39H2,1-2H3/i12D,13D,26D,29D. The molecule has 0 saturated heterocycles. The summed E-state index contributed by atoms with van der Waals surface area (Å²) in [4.78, 5) is 4.82. The highest BCUT2D eigenvalue weighted by molar-refractivity contribution is 6.09. The molecule has 0 aliphatic heterocycles. The lowest BCUT2D eigenvalue weighted by atomic mass is 9.79. The van der Waals surface area contributed by atoms with E-state index in [-0.39, 0.29) is 29.6 Å². The van der Waals surface area contributed by atoms with Gasteiger partial charge < -0.3 is 4.74 Å². The second-order valence-electron chi connectivity index (χ2n) is 16.5. The molecule has 3 heterocycles. The minimum Gasteiger partial charge on any atom is -0.458 e. The van der Waals surface area contributed by atoms with Crippen LogP contribution in [0.3, 0.4) is 0 Å². The van der Waals surface area contributed by atoms with E-state index in [9.17, 15) is 0 Å². The van der Waals surface area contributed by atoms with Crippen LogP contribution in [0, 0.1) is 6.33 Å².